The van der Waals surface area contributed by atoms with Crippen LogP contribution in [0.5, 0.6) is 5.75 Å². The molecule has 0 radical (unpaired) electrons. The Bertz CT molecular complexity index is 1680. The van der Waals surface area contributed by atoms with Gasteiger partial charge in [0, 0.05) is 94.5 Å². The molecule has 2 saturated heterocycles. The minimum Gasteiger partial charge on any atom is -0.494 e. The molecule has 2 N–H and O–H groups in total. The third kappa shape index (κ3) is 6.69. The molecule has 6 rings (SSSR count). The summed E-state index contributed by atoms with van der Waals surface area (Å²) < 4.78 is 7.95. The maximum Gasteiger partial charge on any atom is 0.229 e. The monoisotopic (exact) mass is 640 g/mol. The van der Waals surface area contributed by atoms with E-state index in [1.807, 2.05) is 25.4 Å². The van der Waals surface area contributed by atoms with E-state index in [1.54, 1.807) is 43.7 Å². The van der Waals surface area contributed by atoms with E-state index in [9.17, 15) is 0 Å². The number of likely N-dealkylation sites (N-methyl/N-ethyl adjacent to an activating group) is 1. The lowest BCUT2D eigenvalue weighted by molar-refractivity contribution is 0.0982. The molecule has 0 unspecified atom stereocenters. The van der Waals surface area contributed by atoms with E-state index in [-0.39, 0.29) is 0 Å². The number of nitrogens with one attached hydrogen (secondary N) is 2. The Labute approximate surface area is 276 Å². The van der Waals surface area contributed by atoms with Crippen molar-refractivity contribution in [3.63, 3.8) is 0 Å². The molecule has 0 saturated carbocycles. The van der Waals surface area contributed by atoms with Gasteiger partial charge in [0.1, 0.15) is 17.1 Å². The summed E-state index contributed by atoms with van der Waals surface area (Å²) in [5.41, 5.74) is 7.40. The third-order valence-electron chi connectivity index (χ3n) is 9.12. The van der Waals surface area contributed by atoms with Crippen LogP contribution in [0.4, 0.5) is 34.5 Å². The van der Waals surface area contributed by atoms with Gasteiger partial charge in [0.15, 0.2) is 0 Å². The van der Waals surface area contributed by atoms with E-state index >= 15 is 0 Å². The molecule has 2 fully saturated rings. The van der Waals surface area contributed by atoms with Gasteiger partial charge in [0.25, 0.3) is 0 Å². The van der Waals surface area contributed by atoms with Gasteiger partial charge in [-0.1, -0.05) is 24.6 Å². The first kappa shape index (κ1) is 31.8. The summed E-state index contributed by atoms with van der Waals surface area (Å²) in [5.74, 6) is 1.83. The summed E-state index contributed by atoms with van der Waals surface area (Å²) in [6, 6.07) is 8.91. The lowest BCUT2D eigenvalue weighted by atomic mass is 10.0. The van der Waals surface area contributed by atoms with Gasteiger partial charge in [0.05, 0.1) is 29.7 Å². The van der Waals surface area contributed by atoms with Crippen LogP contribution in [0.2, 0.25) is 0 Å². The largest absolute Gasteiger partial charge is 0.494 e. The van der Waals surface area contributed by atoms with E-state index in [0.29, 0.717) is 17.8 Å². The van der Waals surface area contributed by atoms with E-state index in [1.165, 1.54) is 37.2 Å². The Morgan fingerprint density at radius 1 is 1.00 bits per heavy atom. The first-order chi connectivity index (χ1) is 22.4. The number of rotatable bonds is 10. The molecular weight excluding hydrogens is 597 g/mol. The van der Waals surface area contributed by atoms with Crippen molar-refractivity contribution >= 4 is 63.6 Å². The van der Waals surface area contributed by atoms with Crippen LogP contribution in [0.1, 0.15) is 24.0 Å². The van der Waals surface area contributed by atoms with Gasteiger partial charge >= 0.3 is 0 Å². The summed E-state index contributed by atoms with van der Waals surface area (Å²) in [5, 5.41) is 6.93. The number of piperazine rings is 1. The number of fused-ring (bicyclic) bond motifs is 1. The minimum absolute atomic E-state index is 0.451. The normalized spacial score (nSPS) is 16.4. The molecule has 0 amide bonds. The van der Waals surface area contributed by atoms with Crippen LogP contribution >= 0.6 is 11.9 Å². The summed E-state index contributed by atoms with van der Waals surface area (Å²) in [7, 11) is 5.94. The maximum atomic E-state index is 5.89. The van der Waals surface area contributed by atoms with E-state index in [2.05, 4.69) is 77.3 Å². The smallest absolute Gasteiger partial charge is 0.229 e. The number of aromatic nitrogens is 4. The molecule has 242 valence electrons. The van der Waals surface area contributed by atoms with Crippen LogP contribution in [-0.2, 0) is 0 Å². The zero-order chi connectivity index (χ0) is 32.2. The van der Waals surface area contributed by atoms with E-state index in [4.69, 9.17) is 9.72 Å². The fraction of sp³-hybridized carbons (Fsp3) is 0.412. The molecule has 0 bridgehead atoms. The van der Waals surface area contributed by atoms with Crippen molar-refractivity contribution in [3.05, 3.63) is 60.6 Å². The summed E-state index contributed by atoms with van der Waals surface area (Å²) in [4.78, 5) is 26.2. The van der Waals surface area contributed by atoms with Crippen LogP contribution in [-0.4, -0.2) is 103 Å². The van der Waals surface area contributed by atoms with Gasteiger partial charge in [-0.15, -0.1) is 0 Å². The molecule has 11 nitrogen and oxygen atoms in total. The Morgan fingerprint density at radius 3 is 2.48 bits per heavy atom. The average Bonchev–Trinajstić information content (AvgIpc) is 3.08. The first-order valence-corrected chi connectivity index (χ1v) is 17.0. The number of hydrogen-bond acceptors (Lipinski definition) is 12. The van der Waals surface area contributed by atoms with Crippen molar-refractivity contribution in [1.29, 1.82) is 0 Å². The zero-order valence-electron chi connectivity index (χ0n) is 27.5. The van der Waals surface area contributed by atoms with Crippen molar-refractivity contribution in [1.82, 2.24) is 29.7 Å². The number of methoxy groups -OCH3 is 1. The second kappa shape index (κ2) is 14.1. The molecule has 0 aliphatic carbocycles. The second-order valence-corrected chi connectivity index (χ2v) is 12.8. The highest BCUT2D eigenvalue weighted by atomic mass is 32.2. The predicted octanol–water partition coefficient (Wildman–Crippen LogP) is 5.80. The Morgan fingerprint density at radius 2 is 1.76 bits per heavy atom. The molecule has 2 aliphatic rings. The van der Waals surface area contributed by atoms with Crippen LogP contribution < -0.4 is 24.6 Å². The molecule has 2 aromatic carbocycles. The third-order valence-corrected chi connectivity index (χ3v) is 9.85. The molecular formula is C34H44N10OS. The standard InChI is InChI=1S/C34H44N10OS/c1-7-24-22-37-34(40-33(24)38-27-9-8-26-31(36-13-12-35-26)32(27)42(4)46-6)39-28-20-23(2)29(21-30(28)45-5)44-14-10-25(11-15-44)43-18-16-41(3)17-19-43/h7-9,12-13,20-22,25H,1,10-11,14-19H2,2-6H3,(H2,37,38,39,40). The molecule has 4 heterocycles. The van der Waals surface area contributed by atoms with Crippen LogP contribution in [0.15, 0.2) is 49.4 Å². The van der Waals surface area contributed by atoms with Crippen LogP contribution in [0, 0.1) is 6.92 Å². The molecule has 0 spiro atoms. The zero-order valence-corrected chi connectivity index (χ0v) is 28.3. The van der Waals surface area contributed by atoms with Crippen molar-refractivity contribution in [2.24, 2.45) is 0 Å². The van der Waals surface area contributed by atoms with E-state index in [0.717, 1.165) is 65.6 Å². The highest BCUT2D eigenvalue weighted by Gasteiger charge is 2.28. The fourth-order valence-corrected chi connectivity index (χ4v) is 6.79. The quantitative estimate of drug-likeness (QED) is 0.205. The van der Waals surface area contributed by atoms with Gasteiger partial charge in [-0.2, -0.15) is 4.98 Å². The Balaban J connectivity index is 1.22. The number of hydrogen-bond donors (Lipinski definition) is 2. The Kier molecular flexibility index (Phi) is 9.76. The SMILES string of the molecule is C=Cc1cnc(Nc2cc(C)c(N3CCC(N4CCN(C)CC4)CC3)cc2OC)nc1Nc1ccc2nccnc2c1N(C)SC. The topological polar surface area (TPSA) is 97.8 Å². The summed E-state index contributed by atoms with van der Waals surface area (Å²) in [6.45, 7) is 12.9. The van der Waals surface area contributed by atoms with Crippen molar-refractivity contribution in [2.45, 2.75) is 25.8 Å². The summed E-state index contributed by atoms with van der Waals surface area (Å²) in [6.07, 6.45) is 11.3. The summed E-state index contributed by atoms with van der Waals surface area (Å²) >= 11 is 1.59. The molecule has 4 aromatic rings. The average molecular weight is 641 g/mol. The van der Waals surface area contributed by atoms with Gasteiger partial charge in [-0.25, -0.2) is 4.98 Å². The lowest BCUT2D eigenvalue weighted by Gasteiger charge is -2.43. The molecule has 0 atom stereocenters. The highest BCUT2D eigenvalue weighted by Crippen LogP contribution is 2.38. The van der Waals surface area contributed by atoms with Crippen molar-refractivity contribution < 1.29 is 4.74 Å². The molecule has 46 heavy (non-hydrogen) atoms. The maximum absolute atomic E-state index is 5.89. The molecule has 12 heteroatoms. The number of piperidine rings is 1. The Hall–Kier alpha value is -4.13. The number of aryl methyl sites for hydroxylation is 1. The molecule has 2 aliphatic heterocycles. The number of ether oxygens (including phenoxy) is 1. The molecule has 2 aromatic heterocycles. The van der Waals surface area contributed by atoms with Gasteiger partial charge in [-0.05, 0) is 50.6 Å². The highest BCUT2D eigenvalue weighted by molar-refractivity contribution is 7.99. The van der Waals surface area contributed by atoms with Crippen molar-refractivity contribution in [3.8, 4) is 5.75 Å². The number of benzene rings is 2. The first-order valence-electron chi connectivity index (χ1n) is 15.8. The lowest BCUT2D eigenvalue weighted by Crippen LogP contribution is -2.52. The van der Waals surface area contributed by atoms with Crippen molar-refractivity contribution in [2.75, 3.05) is 86.6 Å². The van der Waals surface area contributed by atoms with Gasteiger partial charge < -0.3 is 29.5 Å². The van der Waals surface area contributed by atoms with Gasteiger partial charge in [-0.3, -0.25) is 14.9 Å². The number of nitrogens with zero attached hydrogens (tertiary/aromatic N) is 8. The van der Waals surface area contributed by atoms with E-state index < -0.39 is 0 Å². The fourth-order valence-electron chi connectivity index (χ4n) is 6.43. The van der Waals surface area contributed by atoms with Gasteiger partial charge in [0.2, 0.25) is 5.95 Å². The van der Waals surface area contributed by atoms with Crippen LogP contribution in [0.3, 0.4) is 0 Å². The minimum atomic E-state index is 0.451. The predicted molar refractivity (Wildman–Crippen MR) is 192 cm³/mol. The van der Waals surface area contributed by atoms with Crippen LogP contribution in [0.25, 0.3) is 17.1 Å². The number of anilines is 6. The second-order valence-electron chi connectivity index (χ2n) is 11.9.